The zero-order valence-electron chi connectivity index (χ0n) is 12.6. The first-order valence-electron chi connectivity index (χ1n) is 6.84. The number of rotatable bonds is 0. The van der Waals surface area contributed by atoms with E-state index in [0.29, 0.717) is 0 Å². The normalized spacial score (nSPS) is 15.8. The van der Waals surface area contributed by atoms with Gasteiger partial charge in [0, 0.05) is 11.6 Å². The molecular weight excluding hydrogens is 320 g/mol. The van der Waals surface area contributed by atoms with Crippen LogP contribution in [-0.2, 0) is 0 Å². The molecule has 0 radical (unpaired) electrons. The van der Waals surface area contributed by atoms with Crippen LogP contribution in [0.15, 0.2) is 24.3 Å². The van der Waals surface area contributed by atoms with Gasteiger partial charge in [-0.1, -0.05) is 6.07 Å². The first kappa shape index (κ1) is 17.2. The van der Waals surface area contributed by atoms with Crippen molar-refractivity contribution in [3.05, 3.63) is 35.4 Å². The van der Waals surface area contributed by atoms with E-state index in [1.807, 2.05) is 0 Å². The molecule has 1 atom stereocenters. The van der Waals surface area contributed by atoms with Crippen LogP contribution in [0.4, 0.5) is 0 Å². The van der Waals surface area contributed by atoms with Crippen LogP contribution < -0.4 is 4.74 Å². The highest BCUT2D eigenvalue weighted by Crippen LogP contribution is 2.39. The third-order valence-electron chi connectivity index (χ3n) is 3.43. The number of hydrogen-bond acceptors (Lipinski definition) is 8. The summed E-state index contributed by atoms with van der Waals surface area (Å²) >= 11 is 0. The number of ether oxygens (including phenoxy) is 1. The third-order valence-corrected chi connectivity index (χ3v) is 3.43. The zero-order chi connectivity index (χ0) is 18.0. The van der Waals surface area contributed by atoms with Gasteiger partial charge in [-0.05, 0) is 19.1 Å². The van der Waals surface area contributed by atoms with Crippen molar-refractivity contribution in [3.63, 3.8) is 0 Å². The van der Waals surface area contributed by atoms with Gasteiger partial charge in [-0.15, -0.1) is 0 Å². The van der Waals surface area contributed by atoms with Crippen LogP contribution in [0, 0.1) is 6.92 Å². The summed E-state index contributed by atoms with van der Waals surface area (Å²) in [6, 6.07) is 5.27. The van der Waals surface area contributed by atoms with Crippen molar-refractivity contribution in [2.45, 2.75) is 13.0 Å². The van der Waals surface area contributed by atoms with E-state index >= 15 is 0 Å². The van der Waals surface area contributed by atoms with Crippen molar-refractivity contribution in [3.8, 4) is 34.5 Å². The van der Waals surface area contributed by atoms with E-state index in [2.05, 4.69) is 0 Å². The Morgan fingerprint density at radius 2 is 1.58 bits per heavy atom. The molecule has 0 unspecified atom stereocenters. The summed E-state index contributed by atoms with van der Waals surface area (Å²) in [6.45, 7) is 1.31. The Labute approximate surface area is 136 Å². The van der Waals surface area contributed by atoms with Crippen molar-refractivity contribution < 1.29 is 40.2 Å². The van der Waals surface area contributed by atoms with Gasteiger partial charge >= 0.3 is 0 Å². The standard InChI is InChI=1S/C10H10O5.C6H6O3/c1-4-5(11)2-7-8(9(4)13)10(14)6(12)3-15-7;7-4-2-1-3-5(8)6(4)9/h2,6,11-13H,3H2,1H3;1-3,7-9H/t6-;/m1./s1. The number of phenolic OH excluding ortho intramolecular Hbond substituents is 5. The van der Waals surface area contributed by atoms with E-state index in [1.165, 1.54) is 31.2 Å². The number of aliphatic hydroxyl groups excluding tert-OH is 1. The molecule has 128 valence electrons. The number of carbonyl (C=O) groups excluding carboxylic acids is 1. The molecule has 0 aliphatic carbocycles. The number of fused-ring (bicyclic) bond motifs is 1. The lowest BCUT2D eigenvalue weighted by Gasteiger charge is -2.22. The van der Waals surface area contributed by atoms with E-state index in [1.54, 1.807) is 0 Å². The summed E-state index contributed by atoms with van der Waals surface area (Å²) in [6.07, 6.45) is -1.26. The SMILES string of the molecule is Cc1c(O)cc2c(c1O)C(=O)[C@H](O)CO2.Oc1cccc(O)c1O. The van der Waals surface area contributed by atoms with Crippen LogP contribution in [0.2, 0.25) is 0 Å². The average Bonchev–Trinajstić information content (AvgIpc) is 2.54. The number of ketones is 1. The molecule has 0 spiro atoms. The highest BCUT2D eigenvalue weighted by Gasteiger charge is 2.31. The Hall–Kier alpha value is -3.13. The predicted octanol–water partition coefficient (Wildman–Crippen LogP) is 1.15. The first-order valence-corrected chi connectivity index (χ1v) is 6.84. The average molecular weight is 336 g/mol. The van der Waals surface area contributed by atoms with Crippen molar-refractivity contribution in [2.75, 3.05) is 6.61 Å². The number of aliphatic hydroxyl groups is 1. The number of hydrogen-bond donors (Lipinski definition) is 6. The molecule has 3 rings (SSSR count). The Bertz CT molecular complexity index is 764. The van der Waals surface area contributed by atoms with Gasteiger partial charge in [0.25, 0.3) is 0 Å². The van der Waals surface area contributed by atoms with Gasteiger partial charge in [0.2, 0.25) is 5.78 Å². The van der Waals surface area contributed by atoms with Gasteiger partial charge in [0.1, 0.15) is 29.4 Å². The van der Waals surface area contributed by atoms with E-state index in [-0.39, 0.29) is 46.5 Å². The molecule has 0 saturated carbocycles. The Balaban J connectivity index is 0.000000198. The van der Waals surface area contributed by atoms with Crippen LogP contribution in [-0.4, -0.2) is 49.1 Å². The maximum Gasteiger partial charge on any atom is 0.202 e. The number of carbonyl (C=O) groups is 1. The lowest BCUT2D eigenvalue weighted by atomic mass is 9.98. The maximum atomic E-state index is 11.5. The largest absolute Gasteiger partial charge is 0.507 e. The highest BCUT2D eigenvalue weighted by atomic mass is 16.5. The van der Waals surface area contributed by atoms with Crippen LogP contribution in [0.1, 0.15) is 15.9 Å². The van der Waals surface area contributed by atoms with E-state index in [4.69, 9.17) is 20.1 Å². The van der Waals surface area contributed by atoms with Crippen LogP contribution >= 0.6 is 0 Å². The fraction of sp³-hybridized carbons (Fsp3) is 0.188. The van der Waals surface area contributed by atoms with Gasteiger partial charge < -0.3 is 35.4 Å². The number of benzene rings is 2. The number of aromatic hydroxyl groups is 5. The maximum absolute atomic E-state index is 11.5. The Kier molecular flexibility index (Phi) is 4.70. The molecule has 0 saturated heterocycles. The lowest BCUT2D eigenvalue weighted by molar-refractivity contribution is 0.0552. The molecule has 0 amide bonds. The second kappa shape index (κ2) is 6.55. The molecular formula is C16H16O8. The van der Waals surface area contributed by atoms with Gasteiger partial charge in [0.05, 0.1) is 0 Å². The summed E-state index contributed by atoms with van der Waals surface area (Å²) in [5.41, 5.74) is 0.129. The number of phenols is 5. The summed E-state index contributed by atoms with van der Waals surface area (Å²) in [5.74, 6) is -2.06. The second-order valence-electron chi connectivity index (χ2n) is 5.08. The van der Waals surface area contributed by atoms with Crippen LogP contribution in [0.3, 0.4) is 0 Å². The summed E-state index contributed by atoms with van der Waals surface area (Å²) in [5, 5.41) is 54.4. The minimum Gasteiger partial charge on any atom is -0.507 e. The Morgan fingerprint density at radius 3 is 2.12 bits per heavy atom. The van der Waals surface area contributed by atoms with Gasteiger partial charge in [-0.2, -0.15) is 0 Å². The molecule has 1 aliphatic rings. The van der Waals surface area contributed by atoms with Crippen molar-refractivity contribution >= 4 is 5.78 Å². The molecule has 0 bridgehead atoms. The summed E-state index contributed by atoms with van der Waals surface area (Å²) in [7, 11) is 0. The monoisotopic (exact) mass is 336 g/mol. The van der Waals surface area contributed by atoms with Crippen molar-refractivity contribution in [1.82, 2.24) is 0 Å². The van der Waals surface area contributed by atoms with Crippen molar-refractivity contribution in [2.24, 2.45) is 0 Å². The van der Waals surface area contributed by atoms with E-state index in [9.17, 15) is 20.1 Å². The third kappa shape index (κ3) is 3.13. The second-order valence-corrected chi connectivity index (χ2v) is 5.08. The molecule has 0 aromatic heterocycles. The van der Waals surface area contributed by atoms with Crippen LogP contribution in [0.25, 0.3) is 0 Å². The minimum atomic E-state index is -1.26. The highest BCUT2D eigenvalue weighted by molar-refractivity contribution is 6.05. The molecule has 2 aromatic carbocycles. The predicted molar refractivity (Wildman–Crippen MR) is 81.8 cm³/mol. The smallest absolute Gasteiger partial charge is 0.202 e. The quantitative estimate of drug-likeness (QED) is 0.392. The molecule has 1 aliphatic heterocycles. The van der Waals surface area contributed by atoms with Crippen LogP contribution in [0.5, 0.6) is 34.5 Å². The van der Waals surface area contributed by atoms with E-state index < -0.39 is 17.6 Å². The van der Waals surface area contributed by atoms with Gasteiger partial charge in [-0.25, -0.2) is 0 Å². The fourth-order valence-corrected chi connectivity index (χ4v) is 2.01. The number of para-hydroxylation sites is 1. The summed E-state index contributed by atoms with van der Waals surface area (Å²) in [4.78, 5) is 11.5. The Morgan fingerprint density at radius 1 is 1.00 bits per heavy atom. The van der Waals surface area contributed by atoms with Gasteiger partial charge in [-0.3, -0.25) is 4.79 Å². The zero-order valence-corrected chi connectivity index (χ0v) is 12.6. The topological polar surface area (TPSA) is 148 Å². The molecule has 0 fully saturated rings. The molecule has 1 heterocycles. The molecule has 24 heavy (non-hydrogen) atoms. The molecule has 8 heteroatoms. The lowest BCUT2D eigenvalue weighted by Crippen LogP contribution is -2.32. The fourth-order valence-electron chi connectivity index (χ4n) is 2.01. The summed E-state index contributed by atoms with van der Waals surface area (Å²) < 4.78 is 5.03. The first-order chi connectivity index (χ1) is 11.2. The van der Waals surface area contributed by atoms with E-state index in [0.717, 1.165) is 0 Å². The molecule has 6 N–H and O–H groups in total. The van der Waals surface area contributed by atoms with Gasteiger partial charge in [0.15, 0.2) is 23.4 Å². The minimum absolute atomic E-state index is 0.0657. The number of Topliss-reactive ketones (excluding diaryl/α,β-unsaturated/α-hetero) is 1. The molecule has 2 aromatic rings. The van der Waals surface area contributed by atoms with Crippen molar-refractivity contribution in [1.29, 1.82) is 0 Å². The molecule has 8 nitrogen and oxygen atoms in total.